The summed E-state index contributed by atoms with van der Waals surface area (Å²) in [5, 5.41) is 11.9. The monoisotopic (exact) mass is 329 g/mol. The molecule has 0 aliphatic carbocycles. The summed E-state index contributed by atoms with van der Waals surface area (Å²) in [6, 6.07) is 13.9. The maximum absolute atomic E-state index is 13.6. The zero-order valence-corrected chi connectivity index (χ0v) is 13.4. The van der Waals surface area contributed by atoms with Crippen LogP contribution in [0.1, 0.15) is 30.5 Å². The molecule has 5 heteroatoms. The van der Waals surface area contributed by atoms with E-state index in [4.69, 9.17) is 0 Å². The normalized spacial score (nSPS) is 13.1. The molecule has 0 saturated heterocycles. The van der Waals surface area contributed by atoms with Gasteiger partial charge in [0.2, 0.25) is 5.91 Å². The molecule has 1 amide bonds. The zero-order chi connectivity index (χ0) is 17.5. The molecule has 0 spiro atoms. The molecule has 126 valence electrons. The van der Waals surface area contributed by atoms with Gasteiger partial charge in [-0.25, -0.2) is 9.18 Å². The summed E-state index contributed by atoms with van der Waals surface area (Å²) in [6.07, 6.45) is 0.859. The highest BCUT2D eigenvalue weighted by molar-refractivity contribution is 5.85. The molecule has 0 saturated carbocycles. The molecule has 1 unspecified atom stereocenters. The lowest BCUT2D eigenvalue weighted by Gasteiger charge is -2.18. The van der Waals surface area contributed by atoms with Crippen LogP contribution in [-0.2, 0) is 16.0 Å². The van der Waals surface area contributed by atoms with Crippen LogP contribution in [0.25, 0.3) is 0 Å². The van der Waals surface area contributed by atoms with Gasteiger partial charge in [0.15, 0.2) is 6.04 Å². The van der Waals surface area contributed by atoms with Crippen molar-refractivity contribution in [2.24, 2.45) is 5.92 Å². The van der Waals surface area contributed by atoms with E-state index in [9.17, 15) is 19.1 Å². The Balaban J connectivity index is 1.97. The van der Waals surface area contributed by atoms with E-state index in [-0.39, 0.29) is 11.7 Å². The highest BCUT2D eigenvalue weighted by Crippen LogP contribution is 2.16. The van der Waals surface area contributed by atoms with Gasteiger partial charge in [-0.3, -0.25) is 4.79 Å². The minimum absolute atomic E-state index is 0.294. The second-order valence-electron chi connectivity index (χ2n) is 5.72. The van der Waals surface area contributed by atoms with Crippen LogP contribution >= 0.6 is 0 Å². The van der Waals surface area contributed by atoms with Crippen molar-refractivity contribution < 1.29 is 19.1 Å². The topological polar surface area (TPSA) is 66.4 Å². The molecular weight excluding hydrogens is 309 g/mol. The average molecular weight is 329 g/mol. The summed E-state index contributed by atoms with van der Waals surface area (Å²) in [7, 11) is 0. The van der Waals surface area contributed by atoms with E-state index in [1.54, 1.807) is 55.5 Å². The van der Waals surface area contributed by atoms with Gasteiger partial charge in [-0.2, -0.15) is 0 Å². The largest absolute Gasteiger partial charge is 0.479 e. The van der Waals surface area contributed by atoms with Gasteiger partial charge in [-0.15, -0.1) is 0 Å². The summed E-state index contributed by atoms with van der Waals surface area (Å²) in [6.45, 7) is 1.71. The molecule has 0 aliphatic rings. The predicted octanol–water partition coefficient (Wildman–Crippen LogP) is 3.34. The summed E-state index contributed by atoms with van der Waals surface area (Å²) in [5.41, 5.74) is 1.06. The third kappa shape index (κ3) is 4.65. The standard InChI is InChI=1S/C19H20FNO3/c1-13(11-12-14-7-5-6-10-16(14)20)18(22)21-17(19(23)24)15-8-3-2-4-9-15/h2-10,13,17H,11-12H2,1H3,(H,21,22)(H,23,24)/t13?,17-/m0/s1. The Labute approximate surface area is 140 Å². The molecular formula is C19H20FNO3. The number of nitrogens with one attached hydrogen (secondary N) is 1. The van der Waals surface area contributed by atoms with E-state index in [1.807, 2.05) is 0 Å². The second kappa shape index (κ2) is 8.24. The first kappa shape index (κ1) is 17.7. The molecule has 0 heterocycles. The summed E-state index contributed by atoms with van der Waals surface area (Å²) in [4.78, 5) is 23.7. The van der Waals surface area contributed by atoms with Crippen molar-refractivity contribution in [1.29, 1.82) is 0 Å². The third-order valence-electron chi connectivity index (χ3n) is 3.92. The van der Waals surface area contributed by atoms with Gasteiger partial charge in [0, 0.05) is 5.92 Å². The molecule has 0 radical (unpaired) electrons. The minimum atomic E-state index is -1.11. The summed E-state index contributed by atoms with van der Waals surface area (Å²) in [5.74, 6) is -2.19. The van der Waals surface area contributed by atoms with Gasteiger partial charge in [0.25, 0.3) is 0 Å². The van der Waals surface area contributed by atoms with Crippen LogP contribution in [0.15, 0.2) is 54.6 Å². The fraction of sp³-hybridized carbons (Fsp3) is 0.263. The van der Waals surface area contributed by atoms with Crippen molar-refractivity contribution in [2.75, 3.05) is 0 Å². The Hall–Kier alpha value is -2.69. The highest BCUT2D eigenvalue weighted by Gasteiger charge is 2.24. The van der Waals surface area contributed by atoms with Crippen molar-refractivity contribution in [3.05, 3.63) is 71.5 Å². The van der Waals surface area contributed by atoms with E-state index in [2.05, 4.69) is 5.32 Å². The van der Waals surface area contributed by atoms with Crippen LogP contribution in [-0.4, -0.2) is 17.0 Å². The van der Waals surface area contributed by atoms with Gasteiger partial charge in [-0.05, 0) is 30.0 Å². The maximum atomic E-state index is 13.6. The number of hydrogen-bond donors (Lipinski definition) is 2. The van der Waals surface area contributed by atoms with Crippen LogP contribution in [0, 0.1) is 11.7 Å². The molecule has 2 aromatic rings. The lowest BCUT2D eigenvalue weighted by atomic mass is 9.99. The number of benzene rings is 2. The molecule has 24 heavy (non-hydrogen) atoms. The third-order valence-corrected chi connectivity index (χ3v) is 3.92. The zero-order valence-electron chi connectivity index (χ0n) is 13.4. The van der Waals surface area contributed by atoms with Crippen LogP contribution in [0.3, 0.4) is 0 Å². The Kier molecular flexibility index (Phi) is 6.07. The lowest BCUT2D eigenvalue weighted by Crippen LogP contribution is -2.37. The molecule has 0 bridgehead atoms. The summed E-state index contributed by atoms with van der Waals surface area (Å²) < 4.78 is 13.6. The van der Waals surface area contributed by atoms with E-state index in [0.717, 1.165) is 0 Å². The number of aryl methyl sites for hydroxylation is 1. The van der Waals surface area contributed by atoms with Gasteiger partial charge in [0.05, 0.1) is 0 Å². The molecule has 0 aromatic heterocycles. The smallest absolute Gasteiger partial charge is 0.330 e. The fourth-order valence-corrected chi connectivity index (χ4v) is 2.42. The van der Waals surface area contributed by atoms with E-state index in [1.165, 1.54) is 6.07 Å². The van der Waals surface area contributed by atoms with Crippen molar-refractivity contribution in [3.63, 3.8) is 0 Å². The van der Waals surface area contributed by atoms with Crippen LogP contribution < -0.4 is 5.32 Å². The van der Waals surface area contributed by atoms with Crippen molar-refractivity contribution in [1.82, 2.24) is 5.32 Å². The summed E-state index contributed by atoms with van der Waals surface area (Å²) >= 11 is 0. The number of hydrogen-bond acceptors (Lipinski definition) is 2. The number of carbonyl (C=O) groups excluding carboxylic acids is 1. The Morgan fingerprint density at radius 3 is 2.33 bits per heavy atom. The van der Waals surface area contributed by atoms with Gasteiger partial charge in [-0.1, -0.05) is 55.5 Å². The maximum Gasteiger partial charge on any atom is 0.330 e. The molecule has 0 aliphatic heterocycles. The number of halogens is 1. The van der Waals surface area contributed by atoms with E-state index >= 15 is 0 Å². The quantitative estimate of drug-likeness (QED) is 0.819. The molecule has 4 nitrogen and oxygen atoms in total. The molecule has 2 N–H and O–H groups in total. The van der Waals surface area contributed by atoms with Gasteiger partial charge < -0.3 is 10.4 Å². The van der Waals surface area contributed by atoms with Gasteiger partial charge in [0.1, 0.15) is 5.82 Å². The average Bonchev–Trinajstić information content (AvgIpc) is 2.59. The minimum Gasteiger partial charge on any atom is -0.479 e. The number of aliphatic carboxylic acids is 1. The SMILES string of the molecule is CC(CCc1ccccc1F)C(=O)N[C@H](C(=O)O)c1ccccc1. The number of rotatable bonds is 7. The second-order valence-corrected chi connectivity index (χ2v) is 5.72. The molecule has 2 rings (SSSR count). The number of carbonyl (C=O) groups is 2. The van der Waals surface area contributed by atoms with Crippen molar-refractivity contribution >= 4 is 11.9 Å². The van der Waals surface area contributed by atoms with E-state index < -0.39 is 17.9 Å². The first-order valence-corrected chi connectivity index (χ1v) is 7.80. The first-order chi connectivity index (χ1) is 11.5. The van der Waals surface area contributed by atoms with Crippen LogP contribution in [0.2, 0.25) is 0 Å². The first-order valence-electron chi connectivity index (χ1n) is 7.80. The molecule has 2 aromatic carbocycles. The Bertz CT molecular complexity index is 703. The lowest BCUT2D eigenvalue weighted by molar-refractivity contribution is -0.142. The number of amides is 1. The highest BCUT2D eigenvalue weighted by atomic mass is 19.1. The Morgan fingerprint density at radius 1 is 1.08 bits per heavy atom. The Morgan fingerprint density at radius 2 is 1.71 bits per heavy atom. The number of carboxylic acids is 1. The van der Waals surface area contributed by atoms with E-state index in [0.29, 0.717) is 24.0 Å². The van der Waals surface area contributed by atoms with Crippen molar-refractivity contribution in [2.45, 2.75) is 25.8 Å². The van der Waals surface area contributed by atoms with Crippen LogP contribution in [0.5, 0.6) is 0 Å². The van der Waals surface area contributed by atoms with Crippen LogP contribution in [0.4, 0.5) is 4.39 Å². The molecule has 0 fully saturated rings. The molecule has 2 atom stereocenters. The fourth-order valence-electron chi connectivity index (χ4n) is 2.42. The number of carboxylic acid groups (broad SMARTS) is 1. The van der Waals surface area contributed by atoms with Crippen molar-refractivity contribution in [3.8, 4) is 0 Å². The van der Waals surface area contributed by atoms with Gasteiger partial charge >= 0.3 is 5.97 Å². The predicted molar refractivity (Wildman–Crippen MR) is 88.8 cm³/mol.